The summed E-state index contributed by atoms with van der Waals surface area (Å²) in [5.41, 5.74) is 4.27. The Labute approximate surface area is 247 Å². The van der Waals surface area contributed by atoms with Crippen molar-refractivity contribution in [2.24, 2.45) is 11.8 Å². The van der Waals surface area contributed by atoms with Crippen LogP contribution in [0.15, 0.2) is 78.9 Å². The van der Waals surface area contributed by atoms with E-state index in [2.05, 4.69) is 39.8 Å². The number of carboxylic acid groups (broad SMARTS) is 1. The van der Waals surface area contributed by atoms with Crippen LogP contribution in [0.2, 0.25) is 0 Å². The van der Waals surface area contributed by atoms with Crippen molar-refractivity contribution < 1.29 is 24.2 Å². The largest absolute Gasteiger partial charge is 0.479 e. The normalized spacial score (nSPS) is 18.7. The highest BCUT2D eigenvalue weighted by Gasteiger charge is 2.47. The van der Waals surface area contributed by atoms with Gasteiger partial charge in [-0.1, -0.05) is 92.7 Å². The number of hydrogen-bond donors (Lipinski definition) is 3. The van der Waals surface area contributed by atoms with Gasteiger partial charge in [0.25, 0.3) is 0 Å². The van der Waals surface area contributed by atoms with Crippen LogP contribution in [0.5, 0.6) is 0 Å². The van der Waals surface area contributed by atoms with Crippen LogP contribution in [-0.2, 0) is 20.9 Å². The molecular weight excluding hydrogens is 530 g/mol. The first kappa shape index (κ1) is 29.3. The molecule has 2 amide bonds. The zero-order chi connectivity index (χ0) is 29.7. The molecule has 3 aromatic rings. The molecule has 8 heteroatoms. The van der Waals surface area contributed by atoms with Gasteiger partial charge in [-0.2, -0.15) is 0 Å². The molecule has 3 aromatic carbocycles. The number of aliphatic carboxylic acids is 1. The van der Waals surface area contributed by atoms with E-state index >= 15 is 0 Å². The van der Waals surface area contributed by atoms with E-state index in [0.717, 1.165) is 27.8 Å². The summed E-state index contributed by atoms with van der Waals surface area (Å²) in [6.45, 7) is 5.63. The summed E-state index contributed by atoms with van der Waals surface area (Å²) in [7, 11) is 0. The summed E-state index contributed by atoms with van der Waals surface area (Å²) in [6, 6.07) is 26.1. The Bertz CT molecular complexity index is 1380. The highest BCUT2D eigenvalue weighted by Crippen LogP contribution is 2.44. The molecule has 2 aliphatic rings. The third-order valence-corrected chi connectivity index (χ3v) is 8.33. The summed E-state index contributed by atoms with van der Waals surface area (Å²) < 4.78 is 5.65. The number of carbonyl (C=O) groups excluding carboxylic acids is 2. The molecule has 42 heavy (non-hydrogen) atoms. The average molecular weight is 570 g/mol. The van der Waals surface area contributed by atoms with Crippen LogP contribution >= 0.6 is 0 Å². The third kappa shape index (κ3) is 6.49. The second-order valence-electron chi connectivity index (χ2n) is 11.9. The van der Waals surface area contributed by atoms with Crippen LogP contribution < -0.4 is 10.6 Å². The minimum atomic E-state index is -1.37. The molecule has 1 aliphatic heterocycles. The molecule has 0 spiro atoms. The molecule has 3 N–H and O–H groups in total. The van der Waals surface area contributed by atoms with E-state index in [1.807, 2.05) is 68.4 Å². The van der Waals surface area contributed by atoms with Gasteiger partial charge in [-0.25, -0.2) is 9.59 Å². The predicted octanol–water partition coefficient (Wildman–Crippen LogP) is 5.03. The zero-order valence-corrected chi connectivity index (χ0v) is 24.2. The highest BCUT2D eigenvalue weighted by atomic mass is 16.5. The number of ether oxygens (including phenoxy) is 1. The lowest BCUT2D eigenvalue weighted by Crippen LogP contribution is -2.58. The smallest absolute Gasteiger partial charge is 0.407 e. The summed E-state index contributed by atoms with van der Waals surface area (Å²) in [6.07, 6.45) is 0.217. The van der Waals surface area contributed by atoms with Crippen LogP contribution in [0.4, 0.5) is 4.79 Å². The summed E-state index contributed by atoms with van der Waals surface area (Å²) in [4.78, 5) is 40.8. The molecule has 0 saturated carbocycles. The molecule has 1 heterocycles. The third-order valence-electron chi connectivity index (χ3n) is 8.33. The van der Waals surface area contributed by atoms with Gasteiger partial charge < -0.3 is 20.5 Å². The molecule has 2 unspecified atom stereocenters. The van der Waals surface area contributed by atoms with Gasteiger partial charge in [0.05, 0.1) is 5.92 Å². The monoisotopic (exact) mass is 569 g/mol. The number of likely N-dealkylation sites (tertiary alicyclic amines) is 1. The number of fused-ring (bicyclic) bond motifs is 3. The fraction of sp³-hybridized carbons (Fsp3) is 0.382. The Morgan fingerprint density at radius 1 is 0.952 bits per heavy atom. The molecule has 1 fully saturated rings. The molecule has 0 aromatic heterocycles. The molecule has 5 rings (SSSR count). The van der Waals surface area contributed by atoms with Crippen molar-refractivity contribution in [1.29, 1.82) is 0 Å². The second kappa shape index (κ2) is 12.8. The van der Waals surface area contributed by atoms with Gasteiger partial charge in [0, 0.05) is 32.1 Å². The maximum atomic E-state index is 13.5. The number of benzene rings is 3. The van der Waals surface area contributed by atoms with Crippen molar-refractivity contribution >= 4 is 18.0 Å². The van der Waals surface area contributed by atoms with Gasteiger partial charge in [-0.3, -0.25) is 9.69 Å². The van der Waals surface area contributed by atoms with Crippen molar-refractivity contribution in [3.63, 3.8) is 0 Å². The van der Waals surface area contributed by atoms with Gasteiger partial charge >= 0.3 is 12.1 Å². The van der Waals surface area contributed by atoms with Crippen LogP contribution in [-0.4, -0.2) is 59.8 Å². The van der Waals surface area contributed by atoms with Crippen LogP contribution in [0.25, 0.3) is 11.1 Å². The Kier molecular flexibility index (Phi) is 8.92. The van der Waals surface area contributed by atoms with E-state index in [-0.39, 0.29) is 37.4 Å². The Hall–Kier alpha value is -4.17. The minimum absolute atomic E-state index is 0.0596. The first-order chi connectivity index (χ1) is 20.3. The number of hydrogen-bond acceptors (Lipinski definition) is 5. The lowest BCUT2D eigenvalue weighted by atomic mass is 9.93. The van der Waals surface area contributed by atoms with E-state index in [1.54, 1.807) is 0 Å². The van der Waals surface area contributed by atoms with Crippen molar-refractivity contribution in [1.82, 2.24) is 15.5 Å². The number of carbonyl (C=O) groups is 3. The number of nitrogens with one attached hydrogen (secondary N) is 2. The molecule has 1 aliphatic carbocycles. The maximum Gasteiger partial charge on any atom is 0.407 e. The van der Waals surface area contributed by atoms with Crippen molar-refractivity contribution in [3.05, 3.63) is 95.6 Å². The molecule has 220 valence electrons. The fourth-order valence-electron chi connectivity index (χ4n) is 6.24. The van der Waals surface area contributed by atoms with Crippen LogP contribution in [0.1, 0.15) is 49.3 Å². The summed E-state index contributed by atoms with van der Waals surface area (Å²) in [5, 5.41) is 15.8. The van der Waals surface area contributed by atoms with Crippen molar-refractivity contribution in [2.45, 2.75) is 44.7 Å². The number of alkyl carbamates (subject to hydrolysis) is 1. The molecule has 1 saturated heterocycles. The SMILES string of the molecule is CC(C)CC(CNC(=O)OCC1c2ccccc2-c2ccccc21)C(=O)NC1(C(=O)O)CCN(Cc2ccccc2)C1. The minimum Gasteiger partial charge on any atom is -0.479 e. The van der Waals surface area contributed by atoms with Crippen LogP contribution in [0, 0.1) is 11.8 Å². The topological polar surface area (TPSA) is 108 Å². The first-order valence-corrected chi connectivity index (χ1v) is 14.7. The van der Waals surface area contributed by atoms with Gasteiger partial charge in [0.15, 0.2) is 5.54 Å². The quantitative estimate of drug-likeness (QED) is 0.299. The Morgan fingerprint density at radius 2 is 1.57 bits per heavy atom. The van der Waals surface area contributed by atoms with Gasteiger partial charge in [-0.05, 0) is 46.6 Å². The lowest BCUT2D eigenvalue weighted by molar-refractivity contribution is -0.147. The Balaban J connectivity index is 1.19. The number of amides is 2. The predicted molar refractivity (Wildman–Crippen MR) is 161 cm³/mol. The number of carboxylic acids is 1. The molecule has 0 bridgehead atoms. The standard InChI is InChI=1S/C34H39N3O5/c1-23(2)18-25(31(38)36-34(32(39)40)16-17-37(22-34)20-24-10-4-3-5-11-24)19-35-33(41)42-21-30-28-14-8-6-12-26(28)27-13-7-9-15-29(27)30/h3-15,23,25,30H,16-22H2,1-2H3,(H,35,41)(H,36,38)(H,39,40). The molecular formula is C34H39N3O5. The van der Waals surface area contributed by atoms with Gasteiger partial charge in [0.2, 0.25) is 5.91 Å². The molecule has 2 atom stereocenters. The molecule has 0 radical (unpaired) electrons. The van der Waals surface area contributed by atoms with Crippen LogP contribution in [0.3, 0.4) is 0 Å². The summed E-state index contributed by atoms with van der Waals surface area (Å²) in [5.74, 6) is -1.89. The fourth-order valence-corrected chi connectivity index (χ4v) is 6.24. The van der Waals surface area contributed by atoms with E-state index in [1.165, 1.54) is 0 Å². The van der Waals surface area contributed by atoms with Crippen molar-refractivity contribution in [3.8, 4) is 11.1 Å². The number of nitrogens with zero attached hydrogens (tertiary/aromatic N) is 1. The second-order valence-corrected chi connectivity index (χ2v) is 11.9. The zero-order valence-electron chi connectivity index (χ0n) is 24.2. The molecule has 8 nitrogen and oxygen atoms in total. The maximum absolute atomic E-state index is 13.5. The number of rotatable bonds is 11. The van der Waals surface area contributed by atoms with Crippen molar-refractivity contribution in [2.75, 3.05) is 26.2 Å². The Morgan fingerprint density at radius 3 is 2.19 bits per heavy atom. The van der Waals surface area contributed by atoms with E-state index in [4.69, 9.17) is 4.74 Å². The average Bonchev–Trinajstić information content (AvgIpc) is 3.54. The van der Waals surface area contributed by atoms with E-state index in [0.29, 0.717) is 25.9 Å². The van der Waals surface area contributed by atoms with E-state index in [9.17, 15) is 19.5 Å². The van der Waals surface area contributed by atoms with Gasteiger partial charge in [0.1, 0.15) is 6.61 Å². The van der Waals surface area contributed by atoms with E-state index < -0.39 is 23.5 Å². The highest BCUT2D eigenvalue weighted by molar-refractivity contribution is 5.89. The summed E-state index contributed by atoms with van der Waals surface area (Å²) >= 11 is 0. The first-order valence-electron chi connectivity index (χ1n) is 14.7. The van der Waals surface area contributed by atoms with Gasteiger partial charge in [-0.15, -0.1) is 0 Å². The lowest BCUT2D eigenvalue weighted by Gasteiger charge is -2.29.